The summed E-state index contributed by atoms with van der Waals surface area (Å²) in [4.78, 5) is 32.0. The van der Waals surface area contributed by atoms with E-state index in [0.29, 0.717) is 16.4 Å². The first kappa shape index (κ1) is 18.7. The number of thioether (sulfide) groups is 1. The topological polar surface area (TPSA) is 59.0 Å². The molecule has 26 heavy (non-hydrogen) atoms. The number of carbonyl (C=O) groups excluding carboxylic acids is 2. The largest absolute Gasteiger partial charge is 0.459 e. The maximum atomic E-state index is 13.0. The number of esters is 1. The van der Waals surface area contributed by atoms with Crippen LogP contribution in [0.3, 0.4) is 0 Å². The fraction of sp³-hybridized carbons (Fsp3) is 0.450. The van der Waals surface area contributed by atoms with Gasteiger partial charge in [-0.25, -0.2) is 9.79 Å². The number of amidine groups is 1. The summed E-state index contributed by atoms with van der Waals surface area (Å²) in [6.45, 7) is 9.44. The predicted octanol–water partition coefficient (Wildman–Crippen LogP) is 3.99. The molecule has 0 N–H and O–H groups in total. The molecule has 2 aliphatic heterocycles. The lowest BCUT2D eigenvalue weighted by Gasteiger charge is -2.33. The Kier molecular flexibility index (Phi) is 5.23. The lowest BCUT2D eigenvalue weighted by molar-refractivity contribution is -0.143. The minimum Gasteiger partial charge on any atom is -0.459 e. The van der Waals surface area contributed by atoms with Crippen LogP contribution in [0.4, 0.5) is 0 Å². The van der Waals surface area contributed by atoms with Crippen molar-refractivity contribution in [2.45, 2.75) is 58.4 Å². The molecule has 6 heteroatoms. The highest BCUT2D eigenvalue weighted by atomic mass is 32.2. The third kappa shape index (κ3) is 3.30. The Balaban J connectivity index is 2.12. The van der Waals surface area contributed by atoms with Gasteiger partial charge in [0.1, 0.15) is 0 Å². The van der Waals surface area contributed by atoms with Crippen LogP contribution in [0.2, 0.25) is 0 Å². The first-order valence-electron chi connectivity index (χ1n) is 8.90. The standard InChI is InChI=1S/C20H24N2O3S/c1-6-15-18(23)22-17(14-9-7-12(4)8-10-14)16(19(24)25-11(2)3)13(5)21-20(22)26-15/h7-11,15,17H,6H2,1-5H3/t15-,17+/m1/s1. The number of hydrogen-bond acceptors (Lipinski definition) is 5. The first-order chi connectivity index (χ1) is 12.3. The summed E-state index contributed by atoms with van der Waals surface area (Å²) >= 11 is 1.48. The fourth-order valence-electron chi connectivity index (χ4n) is 3.19. The summed E-state index contributed by atoms with van der Waals surface area (Å²) in [5.41, 5.74) is 3.07. The van der Waals surface area contributed by atoms with Crippen LogP contribution in [0.5, 0.6) is 0 Å². The number of aryl methyl sites for hydroxylation is 1. The van der Waals surface area contributed by atoms with Gasteiger partial charge in [0.25, 0.3) is 0 Å². The van der Waals surface area contributed by atoms with Gasteiger partial charge in [-0.15, -0.1) is 0 Å². The molecule has 5 nitrogen and oxygen atoms in total. The van der Waals surface area contributed by atoms with Gasteiger partial charge in [-0.1, -0.05) is 48.5 Å². The molecule has 2 atom stereocenters. The molecule has 1 aromatic rings. The highest BCUT2D eigenvalue weighted by Gasteiger charge is 2.47. The van der Waals surface area contributed by atoms with Crippen LogP contribution in [0.25, 0.3) is 0 Å². The van der Waals surface area contributed by atoms with Crippen molar-refractivity contribution in [3.63, 3.8) is 0 Å². The number of allylic oxidation sites excluding steroid dienone is 1. The van der Waals surface area contributed by atoms with E-state index in [2.05, 4.69) is 4.99 Å². The smallest absolute Gasteiger partial charge is 0.338 e. The van der Waals surface area contributed by atoms with Crippen molar-refractivity contribution in [2.75, 3.05) is 0 Å². The van der Waals surface area contributed by atoms with E-state index in [1.54, 1.807) is 4.90 Å². The highest BCUT2D eigenvalue weighted by Crippen LogP contribution is 2.44. The van der Waals surface area contributed by atoms with Crippen LogP contribution in [0, 0.1) is 6.92 Å². The Bertz CT molecular complexity index is 796. The van der Waals surface area contributed by atoms with Crippen LogP contribution in [-0.2, 0) is 14.3 Å². The summed E-state index contributed by atoms with van der Waals surface area (Å²) in [7, 11) is 0. The van der Waals surface area contributed by atoms with Gasteiger partial charge in [-0.3, -0.25) is 9.69 Å². The minimum absolute atomic E-state index is 0.00386. The van der Waals surface area contributed by atoms with Crippen molar-refractivity contribution in [1.29, 1.82) is 0 Å². The molecule has 2 heterocycles. The van der Waals surface area contributed by atoms with Crippen LogP contribution in [0.15, 0.2) is 40.5 Å². The molecule has 0 unspecified atom stereocenters. The molecular weight excluding hydrogens is 348 g/mol. The van der Waals surface area contributed by atoms with E-state index in [0.717, 1.165) is 17.5 Å². The van der Waals surface area contributed by atoms with Crippen molar-refractivity contribution in [1.82, 2.24) is 4.90 Å². The normalized spacial score (nSPS) is 22.6. The van der Waals surface area contributed by atoms with E-state index in [9.17, 15) is 9.59 Å². The van der Waals surface area contributed by atoms with Crippen molar-refractivity contribution in [3.8, 4) is 0 Å². The Morgan fingerprint density at radius 1 is 1.27 bits per heavy atom. The van der Waals surface area contributed by atoms with Crippen molar-refractivity contribution >= 4 is 28.8 Å². The number of benzene rings is 1. The number of hydrogen-bond donors (Lipinski definition) is 0. The molecule has 1 amide bonds. The fourth-order valence-corrected chi connectivity index (χ4v) is 4.33. The molecule has 2 aliphatic rings. The lowest BCUT2D eigenvalue weighted by atomic mass is 9.93. The third-order valence-electron chi connectivity index (χ3n) is 4.48. The second-order valence-corrected chi connectivity index (χ2v) is 8.05. The SMILES string of the molecule is CC[C@H]1SC2=NC(C)=C(C(=O)OC(C)C)[C@H](c3ccc(C)cc3)N2C1=O. The first-order valence-corrected chi connectivity index (χ1v) is 9.78. The van der Waals surface area contributed by atoms with E-state index in [4.69, 9.17) is 4.74 Å². The molecule has 1 saturated heterocycles. The molecule has 0 radical (unpaired) electrons. The van der Waals surface area contributed by atoms with E-state index in [1.165, 1.54) is 11.8 Å². The van der Waals surface area contributed by atoms with Gasteiger partial charge in [0.2, 0.25) is 5.91 Å². The average molecular weight is 372 g/mol. The zero-order chi connectivity index (χ0) is 19.0. The molecular formula is C20H24N2O3S. The van der Waals surface area contributed by atoms with Crippen molar-refractivity contribution in [3.05, 3.63) is 46.7 Å². The van der Waals surface area contributed by atoms with Crippen LogP contribution < -0.4 is 0 Å². The molecule has 0 spiro atoms. The van der Waals surface area contributed by atoms with E-state index < -0.39 is 12.0 Å². The summed E-state index contributed by atoms with van der Waals surface area (Å²) < 4.78 is 5.46. The maximum absolute atomic E-state index is 13.0. The number of nitrogens with zero attached hydrogens (tertiary/aromatic N) is 2. The van der Waals surface area contributed by atoms with Crippen LogP contribution in [0.1, 0.15) is 51.3 Å². The average Bonchev–Trinajstić information content (AvgIpc) is 2.89. The Morgan fingerprint density at radius 2 is 1.92 bits per heavy atom. The van der Waals surface area contributed by atoms with Crippen LogP contribution in [-0.4, -0.2) is 33.3 Å². The van der Waals surface area contributed by atoms with E-state index in [-0.39, 0.29) is 17.3 Å². The monoisotopic (exact) mass is 372 g/mol. The van der Waals surface area contributed by atoms with Gasteiger partial charge in [-0.05, 0) is 39.7 Å². The summed E-state index contributed by atoms with van der Waals surface area (Å²) in [6.07, 6.45) is 0.490. The van der Waals surface area contributed by atoms with Gasteiger partial charge in [0, 0.05) is 0 Å². The maximum Gasteiger partial charge on any atom is 0.338 e. The predicted molar refractivity (Wildman–Crippen MR) is 104 cm³/mol. The van der Waals surface area contributed by atoms with Crippen molar-refractivity contribution < 1.29 is 14.3 Å². The molecule has 0 aliphatic carbocycles. The number of rotatable bonds is 4. The van der Waals surface area contributed by atoms with Gasteiger partial charge in [0.15, 0.2) is 5.17 Å². The number of fused-ring (bicyclic) bond motifs is 1. The van der Waals surface area contributed by atoms with Gasteiger partial charge in [0.05, 0.1) is 28.7 Å². The van der Waals surface area contributed by atoms with Gasteiger partial charge >= 0.3 is 5.97 Å². The number of carbonyl (C=O) groups is 2. The summed E-state index contributed by atoms with van der Waals surface area (Å²) in [6, 6.07) is 7.43. The van der Waals surface area contributed by atoms with E-state index in [1.807, 2.05) is 58.9 Å². The Hall–Kier alpha value is -2.08. The molecule has 0 saturated carbocycles. The zero-order valence-corrected chi connectivity index (χ0v) is 16.6. The summed E-state index contributed by atoms with van der Waals surface area (Å²) in [5.74, 6) is -0.409. The molecule has 0 bridgehead atoms. The second-order valence-electron chi connectivity index (χ2n) is 6.88. The Labute approximate surface area is 158 Å². The quantitative estimate of drug-likeness (QED) is 0.750. The number of ether oxygens (including phenoxy) is 1. The molecule has 3 rings (SSSR count). The molecule has 0 aromatic heterocycles. The van der Waals surface area contributed by atoms with Crippen LogP contribution >= 0.6 is 11.8 Å². The third-order valence-corrected chi connectivity index (χ3v) is 5.80. The van der Waals surface area contributed by atoms with Gasteiger partial charge in [-0.2, -0.15) is 0 Å². The Morgan fingerprint density at radius 3 is 2.50 bits per heavy atom. The zero-order valence-electron chi connectivity index (χ0n) is 15.8. The molecule has 1 fully saturated rings. The number of aliphatic imine (C=N–C) groups is 1. The minimum atomic E-state index is -0.495. The lowest BCUT2D eigenvalue weighted by Crippen LogP contribution is -2.41. The summed E-state index contributed by atoms with van der Waals surface area (Å²) in [5, 5.41) is 0.515. The molecule has 138 valence electrons. The van der Waals surface area contributed by atoms with Crippen molar-refractivity contribution in [2.24, 2.45) is 4.99 Å². The molecule has 1 aromatic carbocycles. The highest BCUT2D eigenvalue weighted by molar-refractivity contribution is 8.15. The van der Waals surface area contributed by atoms with Gasteiger partial charge < -0.3 is 4.74 Å². The second kappa shape index (κ2) is 7.27. The number of amides is 1. The van der Waals surface area contributed by atoms with E-state index >= 15 is 0 Å².